The molecule has 0 radical (unpaired) electrons. The van der Waals surface area contributed by atoms with Crippen LogP contribution in [0.2, 0.25) is 10.0 Å². The van der Waals surface area contributed by atoms with Crippen molar-refractivity contribution in [1.82, 2.24) is 9.80 Å². The van der Waals surface area contributed by atoms with Crippen LogP contribution in [0.1, 0.15) is 34.8 Å². The number of carbonyl (C=O) groups is 3. The van der Waals surface area contributed by atoms with Crippen LogP contribution in [-0.2, 0) is 9.59 Å². The Morgan fingerprint density at radius 2 is 1.57 bits per heavy atom. The van der Waals surface area contributed by atoms with Gasteiger partial charge in [-0.2, -0.15) is 0 Å². The summed E-state index contributed by atoms with van der Waals surface area (Å²) < 4.78 is 5.52. The Kier molecular flexibility index (Phi) is 8.30. The molecule has 2 aliphatic heterocycles. The first-order chi connectivity index (χ1) is 19.2. The number of nitrogens with zero attached hydrogens (tertiary/aromatic N) is 3. The van der Waals surface area contributed by atoms with Gasteiger partial charge in [-0.1, -0.05) is 59.6 Å². The topological polar surface area (TPSA) is 90.4 Å². The molecule has 5 rings (SSSR count). The molecule has 0 bridgehead atoms. The van der Waals surface area contributed by atoms with Crippen molar-refractivity contribution in [3.8, 4) is 16.9 Å². The van der Waals surface area contributed by atoms with Crippen molar-refractivity contribution in [2.75, 3.05) is 44.7 Å². The summed E-state index contributed by atoms with van der Waals surface area (Å²) in [5.41, 5.74) is 3.47. The van der Waals surface area contributed by atoms with Crippen molar-refractivity contribution in [2.24, 2.45) is 0 Å². The summed E-state index contributed by atoms with van der Waals surface area (Å²) in [7, 11) is 1.77. The smallest absolute Gasteiger partial charge is 0.335 e. The third-order valence-corrected chi connectivity index (χ3v) is 8.21. The van der Waals surface area contributed by atoms with Crippen LogP contribution in [-0.4, -0.2) is 72.5 Å². The van der Waals surface area contributed by atoms with Gasteiger partial charge in [0.15, 0.2) is 6.61 Å². The maximum Gasteiger partial charge on any atom is 0.335 e. The zero-order chi connectivity index (χ0) is 28.4. The first kappa shape index (κ1) is 28.0. The number of aromatic carboxylic acids is 1. The quantitative estimate of drug-likeness (QED) is 0.384. The molecule has 2 heterocycles. The summed E-state index contributed by atoms with van der Waals surface area (Å²) in [4.78, 5) is 43.1. The molecule has 2 amide bonds. The number of carboxylic acid groups (broad SMARTS) is 1. The zero-order valence-electron chi connectivity index (χ0n) is 22.0. The predicted molar refractivity (Wildman–Crippen MR) is 154 cm³/mol. The number of fused-ring (bicyclic) bond motifs is 1. The van der Waals surface area contributed by atoms with E-state index in [0.717, 1.165) is 42.6 Å². The first-order valence-corrected chi connectivity index (χ1v) is 13.8. The molecular formula is C30H29Cl2N3O5. The molecule has 3 aromatic rings. The largest absolute Gasteiger partial charge is 0.482 e. The van der Waals surface area contributed by atoms with Crippen molar-refractivity contribution in [3.05, 3.63) is 81.8 Å². The van der Waals surface area contributed by atoms with Crippen LogP contribution in [0.15, 0.2) is 60.7 Å². The van der Waals surface area contributed by atoms with E-state index < -0.39 is 5.97 Å². The summed E-state index contributed by atoms with van der Waals surface area (Å²) in [6.45, 7) is 2.27. The molecule has 0 aromatic heterocycles. The number of ether oxygens (including phenoxy) is 1. The molecule has 1 atom stereocenters. The third-order valence-electron chi connectivity index (χ3n) is 7.49. The normalized spacial score (nSPS) is 15.9. The van der Waals surface area contributed by atoms with Gasteiger partial charge < -0.3 is 19.6 Å². The van der Waals surface area contributed by atoms with Gasteiger partial charge in [0.05, 0.1) is 27.3 Å². The lowest BCUT2D eigenvalue weighted by atomic mass is 9.99. The Bertz CT molecular complexity index is 1420. The number of hydrogen-bond acceptors (Lipinski definition) is 5. The number of likely N-dealkylation sites (N-methyl/N-ethyl adjacent to an activating group) is 1. The van der Waals surface area contributed by atoms with E-state index in [0.29, 0.717) is 23.0 Å². The average molecular weight is 582 g/mol. The van der Waals surface area contributed by atoms with Crippen molar-refractivity contribution in [2.45, 2.75) is 18.9 Å². The number of halogens is 2. The highest BCUT2D eigenvalue weighted by Crippen LogP contribution is 2.39. The lowest BCUT2D eigenvalue weighted by molar-refractivity contribution is -0.133. The summed E-state index contributed by atoms with van der Waals surface area (Å²) in [5, 5.41) is 9.75. The molecule has 1 N–H and O–H groups in total. The van der Waals surface area contributed by atoms with Gasteiger partial charge in [0.1, 0.15) is 12.3 Å². The van der Waals surface area contributed by atoms with Crippen molar-refractivity contribution < 1.29 is 24.2 Å². The minimum atomic E-state index is -0.964. The Balaban J connectivity index is 1.38. The maximum absolute atomic E-state index is 13.6. The molecule has 1 fully saturated rings. The van der Waals surface area contributed by atoms with Gasteiger partial charge in [-0.15, -0.1) is 0 Å². The van der Waals surface area contributed by atoms with E-state index >= 15 is 0 Å². The number of carboxylic acids is 1. The Hall–Kier alpha value is -3.59. The number of hydrogen-bond donors (Lipinski definition) is 1. The van der Waals surface area contributed by atoms with E-state index in [1.54, 1.807) is 48.3 Å². The van der Waals surface area contributed by atoms with Crippen LogP contribution in [0.3, 0.4) is 0 Å². The molecule has 0 spiro atoms. The van der Waals surface area contributed by atoms with E-state index in [9.17, 15) is 19.5 Å². The Morgan fingerprint density at radius 1 is 0.975 bits per heavy atom. The Labute approximate surface area is 242 Å². The lowest BCUT2D eigenvalue weighted by Gasteiger charge is -2.35. The standard InChI is InChI=1S/C30H29Cl2N3O5/c1-33(28(36)17-35-25-14-23(31)24(32)15-27(25)40-18-29(35)37)26(16-34-12-2-3-13-34)21-8-4-19(5-9-21)20-6-10-22(11-7-20)30(38)39/h4-11,14-15,26H,2-3,12-13,16-18H2,1H3,(H,38,39). The van der Waals surface area contributed by atoms with E-state index in [1.165, 1.54) is 4.90 Å². The van der Waals surface area contributed by atoms with Crippen LogP contribution in [0.5, 0.6) is 5.75 Å². The third kappa shape index (κ3) is 5.94. The van der Waals surface area contributed by atoms with Crippen LogP contribution >= 0.6 is 23.2 Å². The van der Waals surface area contributed by atoms with Gasteiger partial charge in [-0.3, -0.25) is 14.5 Å². The monoisotopic (exact) mass is 581 g/mol. The predicted octanol–water partition coefficient (Wildman–Crippen LogP) is 5.38. The highest BCUT2D eigenvalue weighted by atomic mass is 35.5. The number of carbonyl (C=O) groups excluding carboxylic acids is 2. The van der Waals surface area contributed by atoms with Gasteiger partial charge in [-0.05, 0) is 60.8 Å². The Morgan fingerprint density at radius 3 is 2.20 bits per heavy atom. The van der Waals surface area contributed by atoms with Gasteiger partial charge in [0.2, 0.25) is 5.91 Å². The molecule has 2 aliphatic rings. The number of benzene rings is 3. The van der Waals surface area contributed by atoms with E-state index in [1.807, 2.05) is 24.3 Å². The van der Waals surface area contributed by atoms with Crippen LogP contribution in [0.4, 0.5) is 5.69 Å². The summed E-state index contributed by atoms with van der Waals surface area (Å²) in [5.74, 6) is -1.11. The fourth-order valence-corrected chi connectivity index (χ4v) is 5.47. The second kappa shape index (κ2) is 11.9. The molecule has 10 heteroatoms. The highest BCUT2D eigenvalue weighted by molar-refractivity contribution is 6.42. The lowest BCUT2D eigenvalue weighted by Crippen LogP contribution is -2.47. The van der Waals surface area contributed by atoms with Gasteiger partial charge >= 0.3 is 5.97 Å². The van der Waals surface area contributed by atoms with Gasteiger partial charge in [-0.25, -0.2) is 4.79 Å². The summed E-state index contributed by atoms with van der Waals surface area (Å²) in [6.07, 6.45) is 2.25. The molecule has 208 valence electrons. The molecule has 8 nitrogen and oxygen atoms in total. The van der Waals surface area contributed by atoms with Crippen molar-refractivity contribution in [3.63, 3.8) is 0 Å². The number of anilines is 1. The fraction of sp³-hybridized carbons (Fsp3) is 0.300. The van der Waals surface area contributed by atoms with E-state index in [-0.39, 0.29) is 41.6 Å². The minimum Gasteiger partial charge on any atom is -0.482 e. The van der Waals surface area contributed by atoms with Crippen LogP contribution in [0, 0.1) is 0 Å². The molecule has 3 aromatic carbocycles. The van der Waals surface area contributed by atoms with E-state index in [2.05, 4.69) is 4.90 Å². The maximum atomic E-state index is 13.6. The van der Waals surface area contributed by atoms with E-state index in [4.69, 9.17) is 27.9 Å². The second-order valence-electron chi connectivity index (χ2n) is 10.0. The average Bonchev–Trinajstić information content (AvgIpc) is 3.47. The van der Waals surface area contributed by atoms with Crippen molar-refractivity contribution >= 4 is 46.7 Å². The number of amides is 2. The molecule has 1 unspecified atom stereocenters. The van der Waals surface area contributed by atoms with Crippen LogP contribution in [0.25, 0.3) is 11.1 Å². The first-order valence-electron chi connectivity index (χ1n) is 13.0. The number of rotatable bonds is 8. The molecule has 0 saturated carbocycles. The molecule has 1 saturated heterocycles. The SMILES string of the molecule is CN(C(=O)CN1C(=O)COc2cc(Cl)c(Cl)cc21)C(CN1CCCC1)c1ccc(-c2ccc(C(=O)O)cc2)cc1. The summed E-state index contributed by atoms with van der Waals surface area (Å²) in [6, 6.07) is 17.6. The molecular weight excluding hydrogens is 553 g/mol. The second-order valence-corrected chi connectivity index (χ2v) is 10.8. The molecule has 40 heavy (non-hydrogen) atoms. The fourth-order valence-electron chi connectivity index (χ4n) is 5.15. The number of likely N-dealkylation sites (tertiary alicyclic amines) is 1. The van der Waals surface area contributed by atoms with Gasteiger partial charge in [0, 0.05) is 19.7 Å². The van der Waals surface area contributed by atoms with Crippen LogP contribution < -0.4 is 9.64 Å². The summed E-state index contributed by atoms with van der Waals surface area (Å²) >= 11 is 12.3. The highest BCUT2D eigenvalue weighted by Gasteiger charge is 2.32. The molecule has 0 aliphatic carbocycles. The minimum absolute atomic E-state index is 0.159. The van der Waals surface area contributed by atoms with Gasteiger partial charge in [0.25, 0.3) is 5.91 Å². The van der Waals surface area contributed by atoms with Crippen molar-refractivity contribution in [1.29, 1.82) is 0 Å². The zero-order valence-corrected chi connectivity index (χ0v) is 23.5.